The van der Waals surface area contributed by atoms with Crippen LogP contribution in [0.15, 0.2) is 35.0 Å². The maximum absolute atomic E-state index is 12.9. The number of rotatable bonds is 3. The Bertz CT molecular complexity index is 422. The molecule has 0 spiro atoms. The summed E-state index contributed by atoms with van der Waals surface area (Å²) in [5.74, 6) is -0.464. The van der Waals surface area contributed by atoms with E-state index in [1.54, 1.807) is 17.4 Å². The molecule has 1 aromatic heterocycles. The quantitative estimate of drug-likeness (QED) is 0.837. The Hall–Kier alpha value is -1.55. The van der Waals surface area contributed by atoms with E-state index < -0.39 is 5.82 Å². The molecule has 0 radical (unpaired) electrons. The summed E-state index contributed by atoms with van der Waals surface area (Å²) < 4.78 is 12.9. The number of halogens is 1. The van der Waals surface area contributed by atoms with Crippen molar-refractivity contribution < 1.29 is 9.50 Å². The maximum atomic E-state index is 12.9. The lowest BCUT2D eigenvalue weighted by atomic mass is 10.2. The van der Waals surface area contributed by atoms with Gasteiger partial charge >= 0.3 is 0 Å². The predicted molar refractivity (Wildman–Crippen MR) is 59.7 cm³/mol. The van der Waals surface area contributed by atoms with E-state index in [1.165, 1.54) is 6.07 Å². The van der Waals surface area contributed by atoms with Crippen LogP contribution in [-0.4, -0.2) is 5.11 Å². The molecule has 0 aliphatic heterocycles. The monoisotopic (exact) mass is 223 g/mol. The minimum absolute atomic E-state index is 0.0443. The van der Waals surface area contributed by atoms with Gasteiger partial charge in [-0.3, -0.25) is 0 Å². The van der Waals surface area contributed by atoms with E-state index in [2.05, 4.69) is 5.32 Å². The molecule has 0 unspecified atom stereocenters. The van der Waals surface area contributed by atoms with E-state index in [0.29, 0.717) is 6.54 Å². The van der Waals surface area contributed by atoms with Gasteiger partial charge in [-0.2, -0.15) is 11.3 Å². The molecule has 1 heterocycles. The van der Waals surface area contributed by atoms with Gasteiger partial charge < -0.3 is 10.4 Å². The third-order valence-electron chi connectivity index (χ3n) is 1.96. The number of anilines is 1. The Morgan fingerprint density at radius 2 is 2.20 bits per heavy atom. The van der Waals surface area contributed by atoms with Crippen molar-refractivity contribution in [2.45, 2.75) is 6.54 Å². The molecule has 0 aliphatic carbocycles. The fourth-order valence-corrected chi connectivity index (χ4v) is 1.92. The van der Waals surface area contributed by atoms with Gasteiger partial charge in [0.05, 0.1) is 0 Å². The molecule has 0 bridgehead atoms. The van der Waals surface area contributed by atoms with Crippen molar-refractivity contribution in [3.05, 3.63) is 46.4 Å². The maximum Gasteiger partial charge on any atom is 0.127 e. The molecule has 0 amide bonds. The van der Waals surface area contributed by atoms with Gasteiger partial charge in [0.25, 0.3) is 0 Å². The number of aromatic hydroxyl groups is 1. The van der Waals surface area contributed by atoms with E-state index in [9.17, 15) is 9.50 Å². The van der Waals surface area contributed by atoms with Crippen molar-refractivity contribution in [2.24, 2.45) is 0 Å². The summed E-state index contributed by atoms with van der Waals surface area (Å²) in [7, 11) is 0. The summed E-state index contributed by atoms with van der Waals surface area (Å²) in [6.45, 7) is 0.502. The normalized spacial score (nSPS) is 10.2. The van der Waals surface area contributed by atoms with Crippen molar-refractivity contribution in [1.29, 1.82) is 0 Å². The Labute approximate surface area is 91.0 Å². The molecule has 0 aliphatic rings. The van der Waals surface area contributed by atoms with E-state index >= 15 is 0 Å². The predicted octanol–water partition coefficient (Wildman–Crippen LogP) is 3.20. The summed E-state index contributed by atoms with van der Waals surface area (Å²) in [5, 5.41) is 16.2. The van der Waals surface area contributed by atoms with Crippen LogP contribution in [-0.2, 0) is 6.54 Å². The molecule has 2 N–H and O–H groups in total. The molecule has 0 atom stereocenters. The van der Waals surface area contributed by atoms with Gasteiger partial charge in [-0.25, -0.2) is 4.39 Å². The van der Waals surface area contributed by atoms with Crippen LogP contribution in [0.5, 0.6) is 5.75 Å². The van der Waals surface area contributed by atoms with Gasteiger partial charge in [-0.05, 0) is 29.1 Å². The van der Waals surface area contributed by atoms with Crippen LogP contribution in [0.3, 0.4) is 0 Å². The molecule has 4 heteroatoms. The van der Waals surface area contributed by atoms with E-state index in [4.69, 9.17) is 0 Å². The number of hydrogen-bond acceptors (Lipinski definition) is 3. The van der Waals surface area contributed by atoms with Crippen LogP contribution in [0.25, 0.3) is 0 Å². The summed E-state index contributed by atoms with van der Waals surface area (Å²) in [6, 6.07) is 5.99. The van der Waals surface area contributed by atoms with Gasteiger partial charge in [-0.15, -0.1) is 0 Å². The molecular weight excluding hydrogens is 213 g/mol. The Morgan fingerprint density at radius 3 is 2.87 bits per heavy atom. The zero-order chi connectivity index (χ0) is 10.7. The highest BCUT2D eigenvalue weighted by Crippen LogP contribution is 2.17. The van der Waals surface area contributed by atoms with Crippen molar-refractivity contribution >= 4 is 17.0 Å². The summed E-state index contributed by atoms with van der Waals surface area (Å²) in [4.78, 5) is 0. The largest absolute Gasteiger partial charge is 0.508 e. The first-order valence-electron chi connectivity index (χ1n) is 4.48. The third kappa shape index (κ3) is 2.70. The summed E-state index contributed by atoms with van der Waals surface area (Å²) >= 11 is 1.60. The molecule has 0 saturated carbocycles. The van der Waals surface area contributed by atoms with E-state index in [1.807, 2.05) is 16.8 Å². The van der Waals surface area contributed by atoms with Crippen molar-refractivity contribution in [1.82, 2.24) is 0 Å². The lowest BCUT2D eigenvalue weighted by molar-refractivity contribution is 0.468. The smallest absolute Gasteiger partial charge is 0.127 e. The second-order valence-electron chi connectivity index (χ2n) is 3.18. The van der Waals surface area contributed by atoms with Crippen molar-refractivity contribution in [3.63, 3.8) is 0 Å². The Balaban J connectivity index is 2.05. The second kappa shape index (κ2) is 4.31. The highest BCUT2D eigenvalue weighted by atomic mass is 32.1. The minimum atomic E-state index is -0.419. The molecule has 1 aromatic carbocycles. The van der Waals surface area contributed by atoms with Crippen LogP contribution >= 0.6 is 11.3 Å². The zero-order valence-corrected chi connectivity index (χ0v) is 8.72. The molecule has 0 fully saturated rings. The van der Waals surface area contributed by atoms with Gasteiger partial charge in [0.15, 0.2) is 0 Å². The number of thiophene rings is 1. The highest BCUT2D eigenvalue weighted by molar-refractivity contribution is 7.08. The average Bonchev–Trinajstić information content (AvgIpc) is 2.65. The molecule has 15 heavy (non-hydrogen) atoms. The molecule has 0 saturated heterocycles. The van der Waals surface area contributed by atoms with Gasteiger partial charge in [-0.1, -0.05) is 0 Å². The first-order chi connectivity index (χ1) is 7.24. The number of phenols is 1. The third-order valence-corrected chi connectivity index (χ3v) is 2.64. The van der Waals surface area contributed by atoms with Crippen molar-refractivity contribution in [2.75, 3.05) is 5.32 Å². The fraction of sp³-hybridized carbons (Fsp3) is 0.0909. The Morgan fingerprint density at radius 1 is 1.33 bits per heavy atom. The highest BCUT2D eigenvalue weighted by Gasteiger charge is 1.99. The molecular formula is C11H10FNOS. The van der Waals surface area contributed by atoms with Crippen LogP contribution < -0.4 is 5.32 Å². The topological polar surface area (TPSA) is 32.3 Å². The van der Waals surface area contributed by atoms with Crippen LogP contribution in [0.2, 0.25) is 0 Å². The number of nitrogens with one attached hydrogen (secondary N) is 1. The van der Waals surface area contributed by atoms with Gasteiger partial charge in [0, 0.05) is 23.7 Å². The van der Waals surface area contributed by atoms with E-state index in [-0.39, 0.29) is 5.75 Å². The second-order valence-corrected chi connectivity index (χ2v) is 3.96. The minimum Gasteiger partial charge on any atom is -0.508 e. The van der Waals surface area contributed by atoms with Crippen molar-refractivity contribution in [3.8, 4) is 5.75 Å². The average molecular weight is 223 g/mol. The molecule has 2 rings (SSSR count). The molecule has 2 aromatic rings. The van der Waals surface area contributed by atoms with Crippen LogP contribution in [0.4, 0.5) is 10.1 Å². The van der Waals surface area contributed by atoms with E-state index in [0.717, 1.165) is 17.3 Å². The zero-order valence-electron chi connectivity index (χ0n) is 7.90. The first kappa shape index (κ1) is 9.98. The standard InChI is InChI=1S/C11H10FNOS/c12-9-3-8(4-11(14)5-9)6-13-10-1-2-15-7-10/h1-5,7,13-14H,6H2. The van der Waals surface area contributed by atoms with Gasteiger partial charge in [0.1, 0.15) is 11.6 Å². The number of phenolic OH excluding ortho intramolecular Hbond substituents is 1. The lowest BCUT2D eigenvalue weighted by Crippen LogP contribution is -1.98. The van der Waals surface area contributed by atoms with Gasteiger partial charge in [0.2, 0.25) is 0 Å². The lowest BCUT2D eigenvalue weighted by Gasteiger charge is -2.04. The molecule has 78 valence electrons. The number of benzene rings is 1. The van der Waals surface area contributed by atoms with Crippen LogP contribution in [0.1, 0.15) is 5.56 Å². The fourth-order valence-electron chi connectivity index (χ4n) is 1.30. The first-order valence-corrected chi connectivity index (χ1v) is 5.43. The SMILES string of the molecule is Oc1cc(F)cc(CNc2ccsc2)c1. The molecule has 2 nitrogen and oxygen atoms in total. The number of hydrogen-bond donors (Lipinski definition) is 2. The summed E-state index contributed by atoms with van der Waals surface area (Å²) in [6.07, 6.45) is 0. The Kier molecular flexibility index (Phi) is 2.87. The van der Waals surface area contributed by atoms with Crippen LogP contribution in [0, 0.1) is 5.82 Å². The summed E-state index contributed by atoms with van der Waals surface area (Å²) in [5.41, 5.74) is 1.72.